The summed E-state index contributed by atoms with van der Waals surface area (Å²) in [6.07, 6.45) is 0.395. The van der Waals surface area contributed by atoms with Gasteiger partial charge in [-0.1, -0.05) is 17.7 Å². The Morgan fingerprint density at radius 3 is 2.64 bits per heavy atom. The summed E-state index contributed by atoms with van der Waals surface area (Å²) >= 11 is 5.40. The lowest BCUT2D eigenvalue weighted by molar-refractivity contribution is 0.0224. The van der Waals surface area contributed by atoms with Gasteiger partial charge in [0.25, 0.3) is 0 Å². The number of benzene rings is 1. The monoisotopic (exact) mass is 325 g/mol. The molecule has 0 aliphatic carbocycles. The number of rotatable bonds is 2. The predicted molar refractivity (Wildman–Crippen MR) is 82.9 cm³/mol. The van der Waals surface area contributed by atoms with Gasteiger partial charge in [-0.3, -0.25) is 0 Å². The van der Waals surface area contributed by atoms with Crippen molar-refractivity contribution in [3.63, 3.8) is 0 Å². The van der Waals surface area contributed by atoms with Crippen LogP contribution < -0.4 is 0 Å². The fraction of sp³-hybridized carbons (Fsp3) is 0.500. The molecule has 0 atom stereocenters. The van der Waals surface area contributed by atoms with Crippen LogP contribution in [0.2, 0.25) is 0 Å². The number of esters is 1. The van der Waals surface area contributed by atoms with E-state index in [0.29, 0.717) is 18.7 Å². The molecule has 2 rings (SSSR count). The van der Waals surface area contributed by atoms with E-state index in [9.17, 15) is 9.59 Å². The van der Waals surface area contributed by atoms with Crippen molar-refractivity contribution < 1.29 is 19.1 Å². The van der Waals surface area contributed by atoms with Gasteiger partial charge < -0.3 is 14.4 Å². The van der Waals surface area contributed by atoms with E-state index >= 15 is 0 Å². The Bertz CT molecular complexity index is 580. The zero-order valence-electron chi connectivity index (χ0n) is 13.0. The first-order valence-electron chi connectivity index (χ1n) is 7.13. The van der Waals surface area contributed by atoms with E-state index in [1.54, 1.807) is 17.0 Å². The van der Waals surface area contributed by atoms with Crippen LogP contribution in [0.25, 0.3) is 0 Å². The van der Waals surface area contributed by atoms with E-state index in [-0.39, 0.29) is 12.2 Å². The highest BCUT2D eigenvalue weighted by molar-refractivity contribution is 6.17. The van der Waals surface area contributed by atoms with Crippen LogP contribution in [0.5, 0.6) is 0 Å². The lowest BCUT2D eigenvalue weighted by atomic mass is 9.97. The number of hydrogen-bond donors (Lipinski definition) is 0. The molecule has 22 heavy (non-hydrogen) atoms. The average Bonchev–Trinajstić information content (AvgIpc) is 2.44. The summed E-state index contributed by atoms with van der Waals surface area (Å²) in [5.41, 5.74) is 1.97. The molecule has 0 N–H and O–H groups in total. The maximum absolute atomic E-state index is 12.1. The van der Waals surface area contributed by atoms with Crippen molar-refractivity contribution in [1.29, 1.82) is 0 Å². The van der Waals surface area contributed by atoms with E-state index in [1.807, 2.05) is 26.8 Å². The Morgan fingerprint density at radius 1 is 1.27 bits per heavy atom. The summed E-state index contributed by atoms with van der Waals surface area (Å²) in [5.74, 6) is -0.466. The van der Waals surface area contributed by atoms with Gasteiger partial charge in [0.15, 0.2) is 6.07 Å². The van der Waals surface area contributed by atoms with Gasteiger partial charge in [-0.15, -0.1) is 0 Å². The van der Waals surface area contributed by atoms with Crippen LogP contribution in [0.4, 0.5) is 4.79 Å². The minimum atomic E-state index is -0.524. The van der Waals surface area contributed by atoms with E-state index < -0.39 is 11.6 Å². The zero-order chi connectivity index (χ0) is 16.3. The highest BCUT2D eigenvalue weighted by Crippen LogP contribution is 2.22. The second-order valence-electron chi connectivity index (χ2n) is 6.18. The van der Waals surface area contributed by atoms with Crippen molar-refractivity contribution in [2.45, 2.75) is 39.3 Å². The van der Waals surface area contributed by atoms with Gasteiger partial charge in [0.05, 0.1) is 5.56 Å². The third-order valence-corrected chi connectivity index (χ3v) is 3.40. The van der Waals surface area contributed by atoms with Crippen LogP contribution >= 0.6 is 11.6 Å². The fourth-order valence-corrected chi connectivity index (χ4v) is 2.40. The minimum Gasteiger partial charge on any atom is -0.446 e. The topological polar surface area (TPSA) is 55.8 Å². The van der Waals surface area contributed by atoms with Crippen molar-refractivity contribution in [3.8, 4) is 0 Å². The van der Waals surface area contributed by atoms with Crippen molar-refractivity contribution in [1.82, 2.24) is 4.90 Å². The standard InChI is InChI=1S/C16H20ClNO4/c1-16(2,3)22-15(20)18-7-6-11-4-5-12(8-13(11)9-18)14(19)21-10-17/h4-5,8H,6-7,9-10H2,1-3H3. The first kappa shape index (κ1) is 16.6. The van der Waals surface area contributed by atoms with E-state index in [1.165, 1.54) is 0 Å². The number of ether oxygens (including phenoxy) is 2. The number of fused-ring (bicyclic) bond motifs is 1. The van der Waals surface area contributed by atoms with E-state index in [0.717, 1.165) is 17.5 Å². The van der Waals surface area contributed by atoms with E-state index in [4.69, 9.17) is 21.1 Å². The van der Waals surface area contributed by atoms with Gasteiger partial charge >= 0.3 is 12.1 Å². The quantitative estimate of drug-likeness (QED) is 0.618. The number of alkyl halides is 1. The van der Waals surface area contributed by atoms with Gasteiger partial charge in [-0.05, 0) is 50.5 Å². The summed E-state index contributed by atoms with van der Waals surface area (Å²) in [4.78, 5) is 25.5. The van der Waals surface area contributed by atoms with Crippen LogP contribution in [0, 0.1) is 0 Å². The molecule has 1 aromatic carbocycles. The first-order valence-corrected chi connectivity index (χ1v) is 7.66. The number of carbonyl (C=O) groups is 2. The molecule has 0 fully saturated rings. The lowest BCUT2D eigenvalue weighted by Gasteiger charge is -2.31. The van der Waals surface area contributed by atoms with Gasteiger partial charge in [0.2, 0.25) is 0 Å². The maximum Gasteiger partial charge on any atom is 0.410 e. The zero-order valence-corrected chi connectivity index (χ0v) is 13.8. The largest absolute Gasteiger partial charge is 0.446 e. The molecular weight excluding hydrogens is 306 g/mol. The first-order chi connectivity index (χ1) is 10.3. The van der Waals surface area contributed by atoms with Gasteiger partial charge in [-0.2, -0.15) is 0 Å². The number of amides is 1. The van der Waals surface area contributed by atoms with E-state index in [2.05, 4.69) is 0 Å². The highest BCUT2D eigenvalue weighted by atomic mass is 35.5. The molecule has 0 unspecified atom stereocenters. The lowest BCUT2D eigenvalue weighted by Crippen LogP contribution is -2.39. The van der Waals surface area contributed by atoms with Crippen molar-refractivity contribution in [3.05, 3.63) is 34.9 Å². The molecule has 120 valence electrons. The highest BCUT2D eigenvalue weighted by Gasteiger charge is 2.26. The smallest absolute Gasteiger partial charge is 0.410 e. The second-order valence-corrected chi connectivity index (χ2v) is 6.39. The predicted octanol–water partition coefficient (Wildman–Crippen LogP) is 3.33. The average molecular weight is 326 g/mol. The number of hydrogen-bond acceptors (Lipinski definition) is 4. The summed E-state index contributed by atoms with van der Waals surface area (Å²) in [6.45, 7) is 6.54. The summed E-state index contributed by atoms with van der Waals surface area (Å²) in [6, 6.07) is 5.18. The Morgan fingerprint density at radius 2 is 2.00 bits per heavy atom. The Kier molecular flexibility index (Phi) is 4.96. The molecule has 0 bridgehead atoms. The van der Waals surface area contributed by atoms with Crippen molar-refractivity contribution in [2.24, 2.45) is 0 Å². The fourth-order valence-electron chi connectivity index (χ4n) is 2.30. The third kappa shape index (κ3) is 4.13. The summed E-state index contributed by atoms with van der Waals surface area (Å²) < 4.78 is 10.2. The summed E-state index contributed by atoms with van der Waals surface area (Å²) in [7, 11) is 0. The molecule has 6 heteroatoms. The SMILES string of the molecule is CC(C)(C)OC(=O)N1CCc2ccc(C(=O)OCCl)cc2C1. The minimum absolute atomic E-state index is 0.181. The number of carbonyl (C=O) groups excluding carboxylic acids is 2. The Hall–Kier alpha value is -1.75. The second kappa shape index (κ2) is 6.57. The molecule has 1 heterocycles. The molecule has 0 spiro atoms. The molecule has 1 amide bonds. The van der Waals surface area contributed by atoms with Gasteiger partial charge in [0, 0.05) is 13.1 Å². The molecule has 5 nitrogen and oxygen atoms in total. The molecule has 0 aromatic heterocycles. The Labute approximate surface area is 135 Å². The Balaban J connectivity index is 2.13. The van der Waals surface area contributed by atoms with Crippen LogP contribution in [0.1, 0.15) is 42.3 Å². The van der Waals surface area contributed by atoms with Gasteiger partial charge in [-0.25, -0.2) is 9.59 Å². The molecule has 0 saturated carbocycles. The van der Waals surface area contributed by atoms with Crippen LogP contribution in [0.3, 0.4) is 0 Å². The number of halogens is 1. The summed E-state index contributed by atoms with van der Waals surface area (Å²) in [5, 5.41) is 0. The molecule has 1 aromatic rings. The maximum atomic E-state index is 12.1. The molecule has 1 aliphatic rings. The third-order valence-electron chi connectivity index (χ3n) is 3.29. The van der Waals surface area contributed by atoms with Gasteiger partial charge in [0.1, 0.15) is 5.60 Å². The molecular formula is C16H20ClNO4. The molecule has 0 saturated heterocycles. The van der Waals surface area contributed by atoms with Crippen molar-refractivity contribution >= 4 is 23.7 Å². The van der Waals surface area contributed by atoms with Crippen LogP contribution in [-0.4, -0.2) is 35.2 Å². The molecule has 0 radical (unpaired) electrons. The molecule has 1 aliphatic heterocycles. The van der Waals surface area contributed by atoms with Crippen LogP contribution in [0.15, 0.2) is 18.2 Å². The number of nitrogens with zero attached hydrogens (tertiary/aromatic N) is 1. The van der Waals surface area contributed by atoms with Crippen LogP contribution in [-0.2, 0) is 22.4 Å². The normalized spacial score (nSPS) is 14.3. The van der Waals surface area contributed by atoms with Crippen molar-refractivity contribution in [2.75, 3.05) is 12.6 Å².